The SMILES string of the molecule is CC(C)N(CC1CCCN1)c1ncncc1I. The maximum Gasteiger partial charge on any atom is 0.145 e. The highest BCUT2D eigenvalue weighted by atomic mass is 127. The summed E-state index contributed by atoms with van der Waals surface area (Å²) in [4.78, 5) is 10.8. The Morgan fingerprint density at radius 1 is 1.59 bits per heavy atom. The highest BCUT2D eigenvalue weighted by Gasteiger charge is 2.22. The summed E-state index contributed by atoms with van der Waals surface area (Å²) in [5, 5.41) is 3.54. The number of aromatic nitrogens is 2. The van der Waals surface area contributed by atoms with E-state index in [1.54, 1.807) is 6.33 Å². The normalized spacial score (nSPS) is 19.9. The summed E-state index contributed by atoms with van der Waals surface area (Å²) >= 11 is 2.31. The van der Waals surface area contributed by atoms with E-state index < -0.39 is 0 Å². The van der Waals surface area contributed by atoms with Crippen molar-refractivity contribution in [1.82, 2.24) is 15.3 Å². The maximum atomic E-state index is 4.42. The Labute approximate surface area is 116 Å². The van der Waals surface area contributed by atoms with Crippen molar-refractivity contribution in [2.45, 2.75) is 38.8 Å². The summed E-state index contributed by atoms with van der Waals surface area (Å²) in [6.07, 6.45) is 6.07. The lowest BCUT2D eigenvalue weighted by atomic mass is 10.2. The Morgan fingerprint density at radius 2 is 2.41 bits per heavy atom. The van der Waals surface area contributed by atoms with E-state index in [9.17, 15) is 0 Å². The van der Waals surface area contributed by atoms with Crippen molar-refractivity contribution in [2.24, 2.45) is 0 Å². The third-order valence-electron chi connectivity index (χ3n) is 3.12. The van der Waals surface area contributed by atoms with Gasteiger partial charge in [0, 0.05) is 24.8 Å². The standard InChI is InChI=1S/C12H19IN4/c1-9(2)17(7-10-4-3-5-15-10)12-11(13)6-14-8-16-12/h6,8-10,15H,3-5,7H2,1-2H3. The second-order valence-electron chi connectivity index (χ2n) is 4.73. The Balaban J connectivity index is 2.14. The Morgan fingerprint density at radius 3 is 3.00 bits per heavy atom. The van der Waals surface area contributed by atoms with E-state index in [1.165, 1.54) is 12.8 Å². The average molecular weight is 346 g/mol. The minimum Gasteiger partial charge on any atom is -0.352 e. The first-order chi connectivity index (χ1) is 8.18. The fraction of sp³-hybridized carbons (Fsp3) is 0.667. The minimum atomic E-state index is 0.459. The molecule has 2 rings (SSSR count). The van der Waals surface area contributed by atoms with Crippen LogP contribution in [0.5, 0.6) is 0 Å². The van der Waals surface area contributed by atoms with Gasteiger partial charge in [-0.15, -0.1) is 0 Å². The molecule has 1 aliphatic heterocycles. The second kappa shape index (κ2) is 5.95. The molecule has 5 heteroatoms. The van der Waals surface area contributed by atoms with Gasteiger partial charge in [0.15, 0.2) is 0 Å². The molecule has 94 valence electrons. The molecule has 0 aromatic carbocycles. The van der Waals surface area contributed by atoms with Gasteiger partial charge >= 0.3 is 0 Å². The van der Waals surface area contributed by atoms with Crippen LogP contribution in [0, 0.1) is 3.57 Å². The van der Waals surface area contributed by atoms with Crippen molar-refractivity contribution in [2.75, 3.05) is 18.0 Å². The molecular weight excluding hydrogens is 327 g/mol. The van der Waals surface area contributed by atoms with E-state index >= 15 is 0 Å². The lowest BCUT2D eigenvalue weighted by molar-refractivity contribution is 0.548. The monoisotopic (exact) mass is 346 g/mol. The molecule has 17 heavy (non-hydrogen) atoms. The zero-order valence-electron chi connectivity index (χ0n) is 10.4. The van der Waals surface area contributed by atoms with Gasteiger partial charge in [-0.25, -0.2) is 9.97 Å². The van der Waals surface area contributed by atoms with Crippen molar-refractivity contribution < 1.29 is 0 Å². The third-order valence-corrected chi connectivity index (χ3v) is 3.88. The number of nitrogens with one attached hydrogen (secondary N) is 1. The predicted molar refractivity (Wildman–Crippen MR) is 78.3 cm³/mol. The second-order valence-corrected chi connectivity index (χ2v) is 5.90. The van der Waals surface area contributed by atoms with E-state index in [-0.39, 0.29) is 0 Å². The van der Waals surface area contributed by atoms with Crippen LogP contribution in [0.2, 0.25) is 0 Å². The van der Waals surface area contributed by atoms with Gasteiger partial charge in [-0.05, 0) is 55.8 Å². The highest BCUT2D eigenvalue weighted by molar-refractivity contribution is 14.1. The zero-order valence-corrected chi connectivity index (χ0v) is 12.5. The molecule has 1 saturated heterocycles. The molecule has 0 amide bonds. The number of halogens is 1. The van der Waals surface area contributed by atoms with Crippen LogP contribution in [0.4, 0.5) is 5.82 Å². The maximum absolute atomic E-state index is 4.42. The molecule has 1 aromatic rings. The molecule has 2 heterocycles. The Hall–Kier alpha value is -0.430. The first-order valence-corrected chi connectivity index (χ1v) is 7.22. The number of hydrogen-bond acceptors (Lipinski definition) is 4. The van der Waals surface area contributed by atoms with Crippen molar-refractivity contribution in [3.8, 4) is 0 Å². The van der Waals surface area contributed by atoms with Crippen LogP contribution in [0.25, 0.3) is 0 Å². The minimum absolute atomic E-state index is 0.459. The molecule has 1 fully saturated rings. The van der Waals surface area contributed by atoms with Gasteiger partial charge in [0.25, 0.3) is 0 Å². The van der Waals surface area contributed by atoms with E-state index in [2.05, 4.69) is 56.6 Å². The molecule has 1 aromatic heterocycles. The van der Waals surface area contributed by atoms with E-state index in [0.29, 0.717) is 12.1 Å². The van der Waals surface area contributed by atoms with Crippen LogP contribution in [0.3, 0.4) is 0 Å². The highest BCUT2D eigenvalue weighted by Crippen LogP contribution is 2.21. The van der Waals surface area contributed by atoms with Gasteiger partial charge in [0.1, 0.15) is 12.1 Å². The first-order valence-electron chi connectivity index (χ1n) is 6.14. The molecule has 0 aliphatic carbocycles. The summed E-state index contributed by atoms with van der Waals surface area (Å²) in [6.45, 7) is 6.61. The van der Waals surface area contributed by atoms with Crippen LogP contribution in [-0.4, -0.2) is 35.1 Å². The molecule has 1 aliphatic rings. The van der Waals surface area contributed by atoms with Crippen LogP contribution >= 0.6 is 22.6 Å². The largest absolute Gasteiger partial charge is 0.352 e. The summed E-state index contributed by atoms with van der Waals surface area (Å²) in [5.74, 6) is 1.06. The predicted octanol–water partition coefficient (Wildman–Crippen LogP) is 2.05. The van der Waals surface area contributed by atoms with E-state index in [0.717, 1.165) is 22.5 Å². The Kier molecular flexibility index (Phi) is 4.55. The average Bonchev–Trinajstić information content (AvgIpc) is 2.79. The van der Waals surface area contributed by atoms with Crippen molar-refractivity contribution in [3.05, 3.63) is 16.1 Å². The molecule has 4 nitrogen and oxygen atoms in total. The third kappa shape index (κ3) is 3.28. The van der Waals surface area contributed by atoms with Crippen LogP contribution in [-0.2, 0) is 0 Å². The number of hydrogen-bond donors (Lipinski definition) is 1. The lowest BCUT2D eigenvalue weighted by Gasteiger charge is -2.31. The summed E-state index contributed by atoms with van der Waals surface area (Å²) in [6, 6.07) is 1.06. The lowest BCUT2D eigenvalue weighted by Crippen LogP contribution is -2.42. The quantitative estimate of drug-likeness (QED) is 0.848. The molecule has 0 radical (unpaired) electrons. The number of nitrogens with zero attached hydrogens (tertiary/aromatic N) is 3. The molecule has 1 unspecified atom stereocenters. The fourth-order valence-corrected chi connectivity index (χ4v) is 2.82. The van der Waals surface area contributed by atoms with Gasteiger partial charge < -0.3 is 10.2 Å². The summed E-state index contributed by atoms with van der Waals surface area (Å²) in [7, 11) is 0. The number of rotatable bonds is 4. The fourth-order valence-electron chi connectivity index (χ4n) is 2.21. The van der Waals surface area contributed by atoms with E-state index in [1.807, 2.05) is 6.20 Å². The molecule has 0 bridgehead atoms. The molecular formula is C12H19IN4. The Bertz CT molecular complexity index is 363. The van der Waals surface area contributed by atoms with Gasteiger partial charge in [-0.3, -0.25) is 0 Å². The van der Waals surface area contributed by atoms with Crippen LogP contribution in [0.1, 0.15) is 26.7 Å². The van der Waals surface area contributed by atoms with Gasteiger partial charge in [0.2, 0.25) is 0 Å². The first kappa shape index (κ1) is 13.0. The topological polar surface area (TPSA) is 41.0 Å². The number of anilines is 1. The summed E-state index contributed by atoms with van der Waals surface area (Å²) < 4.78 is 1.12. The van der Waals surface area contributed by atoms with Crippen molar-refractivity contribution >= 4 is 28.4 Å². The summed E-state index contributed by atoms with van der Waals surface area (Å²) in [5.41, 5.74) is 0. The zero-order chi connectivity index (χ0) is 12.3. The molecule has 1 N–H and O–H groups in total. The van der Waals surface area contributed by atoms with E-state index in [4.69, 9.17) is 0 Å². The van der Waals surface area contributed by atoms with Crippen molar-refractivity contribution in [1.29, 1.82) is 0 Å². The van der Waals surface area contributed by atoms with Crippen molar-refractivity contribution in [3.63, 3.8) is 0 Å². The van der Waals surface area contributed by atoms with Gasteiger partial charge in [-0.1, -0.05) is 0 Å². The molecule has 0 saturated carbocycles. The van der Waals surface area contributed by atoms with Gasteiger partial charge in [0.05, 0.1) is 3.57 Å². The van der Waals surface area contributed by atoms with Gasteiger partial charge in [-0.2, -0.15) is 0 Å². The van der Waals surface area contributed by atoms with Crippen LogP contribution in [0.15, 0.2) is 12.5 Å². The molecule has 0 spiro atoms. The smallest absolute Gasteiger partial charge is 0.145 e. The van der Waals surface area contributed by atoms with Crippen LogP contribution < -0.4 is 10.2 Å². The molecule has 1 atom stereocenters.